The van der Waals surface area contributed by atoms with E-state index in [-0.39, 0.29) is 30.3 Å². The first-order valence-electron chi connectivity index (χ1n) is 8.99. The molecule has 0 aliphatic carbocycles. The minimum Gasteiger partial charge on any atom is -0.493 e. The van der Waals surface area contributed by atoms with Gasteiger partial charge in [0.05, 0.1) is 19.3 Å². The van der Waals surface area contributed by atoms with Crippen molar-refractivity contribution in [2.24, 2.45) is 0 Å². The number of nitrogens with one attached hydrogen (secondary N) is 1. The summed E-state index contributed by atoms with van der Waals surface area (Å²) in [5, 5.41) is 7.86. The van der Waals surface area contributed by atoms with E-state index >= 15 is 0 Å². The molecule has 0 unspecified atom stereocenters. The van der Waals surface area contributed by atoms with Gasteiger partial charge in [-0.2, -0.15) is 5.10 Å². The quantitative estimate of drug-likeness (QED) is 0.543. The van der Waals surface area contributed by atoms with Gasteiger partial charge in [-0.05, 0) is 30.3 Å². The Bertz CT molecular complexity index is 1210. The summed E-state index contributed by atoms with van der Waals surface area (Å²) in [4.78, 5) is 28.6. The second-order valence-corrected chi connectivity index (χ2v) is 6.27. The highest BCUT2D eigenvalue weighted by molar-refractivity contribution is 5.97. The molecule has 8 nitrogen and oxygen atoms in total. The van der Waals surface area contributed by atoms with Crippen LogP contribution in [0.25, 0.3) is 22.2 Å². The maximum atomic E-state index is 12.4. The Morgan fingerprint density at radius 2 is 2.10 bits per heavy atom. The molecule has 1 aromatic carbocycles. The lowest BCUT2D eigenvalue weighted by Crippen LogP contribution is -2.31. The first-order chi connectivity index (χ1) is 14.2. The fourth-order valence-corrected chi connectivity index (χ4v) is 2.95. The molecule has 4 aromatic rings. The first-order valence-corrected chi connectivity index (χ1v) is 8.99. The summed E-state index contributed by atoms with van der Waals surface area (Å²) in [6, 6.07) is 13.8. The van der Waals surface area contributed by atoms with Crippen LogP contribution in [0.3, 0.4) is 0 Å². The number of furan rings is 1. The van der Waals surface area contributed by atoms with Crippen LogP contribution in [0.5, 0.6) is 5.75 Å². The third-order valence-electron chi connectivity index (χ3n) is 4.38. The number of hydrogen-bond donors (Lipinski definition) is 1. The number of pyridine rings is 1. The molecule has 0 aliphatic rings. The normalized spacial score (nSPS) is 10.8. The number of aromatic nitrogens is 3. The molecule has 0 radical (unpaired) electrons. The van der Waals surface area contributed by atoms with Crippen LogP contribution in [0.2, 0.25) is 0 Å². The molecule has 146 valence electrons. The third-order valence-corrected chi connectivity index (χ3v) is 4.38. The molecule has 3 heterocycles. The molecule has 0 aliphatic heterocycles. The molecule has 0 bridgehead atoms. The molecule has 0 saturated heterocycles. The zero-order valence-electron chi connectivity index (χ0n) is 15.7. The van der Waals surface area contributed by atoms with Crippen LogP contribution in [0, 0.1) is 0 Å². The summed E-state index contributed by atoms with van der Waals surface area (Å²) in [5.41, 5.74) is 1.71. The van der Waals surface area contributed by atoms with Crippen molar-refractivity contribution >= 4 is 16.9 Å². The highest BCUT2D eigenvalue weighted by Crippen LogP contribution is 2.28. The molecular formula is C21H18N4O4. The SMILES string of the molecule is COc1cccc2cc(C(=O)NCCn3nc(-c4cccnc4)ccc3=O)oc12. The number of benzene rings is 1. The van der Waals surface area contributed by atoms with Crippen molar-refractivity contribution in [3.63, 3.8) is 0 Å². The average Bonchev–Trinajstić information content (AvgIpc) is 3.20. The first kappa shape index (κ1) is 18.4. The molecule has 1 N–H and O–H groups in total. The van der Waals surface area contributed by atoms with Gasteiger partial charge < -0.3 is 14.5 Å². The molecule has 4 rings (SSSR count). The van der Waals surface area contributed by atoms with Gasteiger partial charge >= 0.3 is 0 Å². The molecule has 29 heavy (non-hydrogen) atoms. The van der Waals surface area contributed by atoms with E-state index in [9.17, 15) is 9.59 Å². The van der Waals surface area contributed by atoms with Crippen LogP contribution in [0.15, 0.2) is 70.1 Å². The summed E-state index contributed by atoms with van der Waals surface area (Å²) >= 11 is 0. The van der Waals surface area contributed by atoms with Crippen LogP contribution in [-0.4, -0.2) is 34.3 Å². The maximum absolute atomic E-state index is 12.4. The fraction of sp³-hybridized carbons (Fsp3) is 0.143. The van der Waals surface area contributed by atoms with E-state index in [0.717, 1.165) is 10.9 Å². The number of nitrogens with zero attached hydrogens (tertiary/aromatic N) is 3. The minimum absolute atomic E-state index is 0.175. The number of ether oxygens (including phenoxy) is 1. The Hall–Kier alpha value is -3.94. The van der Waals surface area contributed by atoms with E-state index in [1.54, 1.807) is 43.8 Å². The van der Waals surface area contributed by atoms with Gasteiger partial charge in [0.25, 0.3) is 11.5 Å². The average molecular weight is 390 g/mol. The largest absolute Gasteiger partial charge is 0.493 e. The van der Waals surface area contributed by atoms with E-state index in [0.29, 0.717) is 17.0 Å². The number of carbonyl (C=O) groups excluding carboxylic acids is 1. The fourth-order valence-electron chi connectivity index (χ4n) is 2.95. The lowest BCUT2D eigenvalue weighted by atomic mass is 10.2. The van der Waals surface area contributed by atoms with E-state index in [2.05, 4.69) is 15.4 Å². The monoisotopic (exact) mass is 390 g/mol. The van der Waals surface area contributed by atoms with Crippen molar-refractivity contribution in [2.45, 2.75) is 6.54 Å². The molecule has 1 amide bonds. The van der Waals surface area contributed by atoms with E-state index in [1.807, 2.05) is 18.2 Å². The number of amides is 1. The third kappa shape index (κ3) is 3.86. The second-order valence-electron chi connectivity index (χ2n) is 6.27. The van der Waals surface area contributed by atoms with Crippen LogP contribution in [0.1, 0.15) is 10.6 Å². The van der Waals surface area contributed by atoms with Crippen molar-refractivity contribution in [1.82, 2.24) is 20.1 Å². The van der Waals surface area contributed by atoms with Gasteiger partial charge in [0.15, 0.2) is 17.1 Å². The molecule has 0 saturated carbocycles. The summed E-state index contributed by atoms with van der Waals surface area (Å²) < 4.78 is 12.2. The van der Waals surface area contributed by atoms with Gasteiger partial charge in [-0.3, -0.25) is 14.6 Å². The van der Waals surface area contributed by atoms with E-state index < -0.39 is 0 Å². The predicted molar refractivity (Wildman–Crippen MR) is 107 cm³/mol. The number of carbonyl (C=O) groups is 1. The summed E-state index contributed by atoms with van der Waals surface area (Å²) in [5.74, 6) is 0.359. The van der Waals surface area contributed by atoms with Crippen LogP contribution in [-0.2, 0) is 6.54 Å². The highest BCUT2D eigenvalue weighted by Gasteiger charge is 2.14. The Kier molecular flexibility index (Phi) is 5.07. The molecule has 3 aromatic heterocycles. The highest BCUT2D eigenvalue weighted by atomic mass is 16.5. The molecule has 0 fully saturated rings. The number of methoxy groups -OCH3 is 1. The van der Waals surface area contributed by atoms with Gasteiger partial charge in [0.2, 0.25) is 0 Å². The van der Waals surface area contributed by atoms with Crippen molar-refractivity contribution in [3.8, 4) is 17.0 Å². The Morgan fingerprint density at radius 3 is 2.90 bits per heavy atom. The topological polar surface area (TPSA) is 99.2 Å². The van der Waals surface area contributed by atoms with E-state index in [1.165, 1.54) is 10.7 Å². The standard InChI is InChI=1S/C21H18N4O4/c1-28-17-6-2-4-14-12-18(29-20(14)17)21(27)23-10-11-25-19(26)8-7-16(24-25)15-5-3-9-22-13-15/h2-9,12-13H,10-11H2,1H3,(H,23,27). The molecular weight excluding hydrogens is 372 g/mol. The molecule has 8 heteroatoms. The van der Waals surface area contributed by atoms with Crippen molar-refractivity contribution in [3.05, 3.63) is 77.0 Å². The zero-order valence-corrected chi connectivity index (χ0v) is 15.7. The number of hydrogen-bond acceptors (Lipinski definition) is 6. The summed E-state index contributed by atoms with van der Waals surface area (Å²) in [7, 11) is 1.54. The number of fused-ring (bicyclic) bond motifs is 1. The summed E-state index contributed by atoms with van der Waals surface area (Å²) in [6.07, 6.45) is 3.34. The Labute approximate surface area is 165 Å². The van der Waals surface area contributed by atoms with Crippen molar-refractivity contribution in [1.29, 1.82) is 0 Å². The van der Waals surface area contributed by atoms with Crippen LogP contribution < -0.4 is 15.6 Å². The number of rotatable bonds is 6. The second kappa shape index (κ2) is 7.97. The smallest absolute Gasteiger partial charge is 0.287 e. The Morgan fingerprint density at radius 1 is 1.21 bits per heavy atom. The maximum Gasteiger partial charge on any atom is 0.287 e. The summed E-state index contributed by atoms with van der Waals surface area (Å²) in [6.45, 7) is 0.443. The van der Waals surface area contributed by atoms with Gasteiger partial charge in [0.1, 0.15) is 0 Å². The predicted octanol–water partition coefficient (Wildman–Crippen LogP) is 2.49. The molecule has 0 spiro atoms. The van der Waals surface area contributed by atoms with Crippen LogP contribution >= 0.6 is 0 Å². The zero-order chi connectivity index (χ0) is 20.2. The van der Waals surface area contributed by atoms with Gasteiger partial charge in [-0.25, -0.2) is 4.68 Å². The van der Waals surface area contributed by atoms with Gasteiger partial charge in [-0.15, -0.1) is 0 Å². The molecule has 0 atom stereocenters. The van der Waals surface area contributed by atoms with Gasteiger partial charge in [0, 0.05) is 36.0 Å². The Balaban J connectivity index is 1.45. The van der Waals surface area contributed by atoms with Crippen molar-refractivity contribution < 1.29 is 13.9 Å². The van der Waals surface area contributed by atoms with Crippen LogP contribution in [0.4, 0.5) is 0 Å². The minimum atomic E-state index is -0.375. The lowest BCUT2D eigenvalue weighted by Gasteiger charge is -2.07. The number of para-hydroxylation sites is 1. The van der Waals surface area contributed by atoms with Crippen molar-refractivity contribution in [2.75, 3.05) is 13.7 Å². The van der Waals surface area contributed by atoms with Gasteiger partial charge in [-0.1, -0.05) is 12.1 Å². The lowest BCUT2D eigenvalue weighted by molar-refractivity contribution is 0.0926. The van der Waals surface area contributed by atoms with E-state index in [4.69, 9.17) is 9.15 Å².